The number of fused-ring (bicyclic) bond motifs is 3. The fourth-order valence-electron chi connectivity index (χ4n) is 4.05. The van der Waals surface area contributed by atoms with Gasteiger partial charge >= 0.3 is 0 Å². The number of thioether (sulfide) groups is 1. The Morgan fingerprint density at radius 2 is 1.83 bits per heavy atom. The van der Waals surface area contributed by atoms with Crippen LogP contribution in [-0.4, -0.2) is 24.1 Å². The summed E-state index contributed by atoms with van der Waals surface area (Å²) in [7, 11) is 1.66. The van der Waals surface area contributed by atoms with Crippen LogP contribution < -0.4 is 9.47 Å². The maximum Gasteiger partial charge on any atom is 0.214 e. The summed E-state index contributed by atoms with van der Waals surface area (Å²) in [6.07, 6.45) is 2.41. The first-order valence-corrected chi connectivity index (χ1v) is 11.0. The molecule has 152 valence electrons. The first-order chi connectivity index (χ1) is 14.7. The number of nitrogens with zero attached hydrogens (tertiary/aromatic N) is 2. The first kappa shape index (κ1) is 19.0. The van der Waals surface area contributed by atoms with Crippen LogP contribution in [0.2, 0.25) is 0 Å². The van der Waals surface area contributed by atoms with Gasteiger partial charge in [0, 0.05) is 22.4 Å². The fourth-order valence-corrected chi connectivity index (χ4v) is 4.46. The van der Waals surface area contributed by atoms with Crippen LogP contribution in [0.1, 0.15) is 35.4 Å². The Balaban J connectivity index is 1.59. The Bertz CT molecular complexity index is 1100. The second-order valence-corrected chi connectivity index (χ2v) is 8.16. The third-order valence-electron chi connectivity index (χ3n) is 5.58. The zero-order valence-corrected chi connectivity index (χ0v) is 17.5. The normalized spacial score (nSPS) is 19.6. The second-order valence-electron chi connectivity index (χ2n) is 7.28. The number of para-hydroxylation sites is 1. The summed E-state index contributed by atoms with van der Waals surface area (Å²) >= 11 is 1.70. The van der Waals surface area contributed by atoms with Crippen LogP contribution in [0.5, 0.6) is 11.5 Å². The van der Waals surface area contributed by atoms with E-state index in [1.54, 1.807) is 31.0 Å². The van der Waals surface area contributed by atoms with Crippen LogP contribution in [0.3, 0.4) is 0 Å². The van der Waals surface area contributed by atoms with Gasteiger partial charge in [-0.15, -0.1) is 11.8 Å². The minimum atomic E-state index is -0.368. The summed E-state index contributed by atoms with van der Waals surface area (Å²) in [5, 5.41) is 6.94. The summed E-state index contributed by atoms with van der Waals surface area (Å²) in [6.45, 7) is 0. The van der Waals surface area contributed by atoms with E-state index in [9.17, 15) is 4.39 Å². The topological polar surface area (TPSA) is 34.1 Å². The number of hydrazone groups is 1. The highest BCUT2D eigenvalue weighted by Crippen LogP contribution is 2.50. The average molecular weight is 421 g/mol. The molecule has 0 saturated heterocycles. The molecule has 2 heterocycles. The zero-order valence-electron chi connectivity index (χ0n) is 16.7. The van der Waals surface area contributed by atoms with Crippen molar-refractivity contribution in [2.75, 3.05) is 13.4 Å². The molecule has 0 aromatic heterocycles. The van der Waals surface area contributed by atoms with Gasteiger partial charge in [0.25, 0.3) is 0 Å². The standard InChI is InChI=1S/C24H21FN2O2S/c1-28-22-5-3-4-19-21-14-20(15-6-10-17(25)11-7-15)26-27(21)24(29-23(19)22)16-8-12-18(30-2)13-9-16/h3-13,21,24H,14H2,1-2H3/t21-,24-/m1/s1. The lowest BCUT2D eigenvalue weighted by Gasteiger charge is -2.38. The minimum Gasteiger partial charge on any atom is -0.493 e. The van der Waals surface area contributed by atoms with Gasteiger partial charge in [-0.25, -0.2) is 9.40 Å². The maximum absolute atomic E-state index is 13.4. The predicted octanol–water partition coefficient (Wildman–Crippen LogP) is 5.80. The molecule has 0 aliphatic carbocycles. The highest BCUT2D eigenvalue weighted by atomic mass is 32.2. The SMILES string of the molecule is COc1cccc2c1O[C@H](c1ccc(SC)cc1)N1N=C(c3ccc(F)cc3)C[C@H]21. The van der Waals surface area contributed by atoms with Gasteiger partial charge in [0.05, 0.1) is 18.9 Å². The van der Waals surface area contributed by atoms with Crippen molar-refractivity contribution >= 4 is 17.5 Å². The van der Waals surface area contributed by atoms with E-state index in [0.29, 0.717) is 12.2 Å². The van der Waals surface area contributed by atoms with Crippen molar-refractivity contribution in [2.24, 2.45) is 5.10 Å². The van der Waals surface area contributed by atoms with Crippen molar-refractivity contribution in [3.63, 3.8) is 0 Å². The van der Waals surface area contributed by atoms with Crippen LogP contribution in [0, 0.1) is 5.82 Å². The van der Waals surface area contributed by atoms with Crippen molar-refractivity contribution in [3.05, 3.63) is 89.2 Å². The van der Waals surface area contributed by atoms with Crippen LogP contribution >= 0.6 is 11.8 Å². The quantitative estimate of drug-likeness (QED) is 0.500. The second kappa shape index (κ2) is 7.69. The molecule has 0 saturated carbocycles. The molecule has 0 unspecified atom stereocenters. The fraction of sp³-hybridized carbons (Fsp3) is 0.208. The summed E-state index contributed by atoms with van der Waals surface area (Å²) < 4.78 is 25.4. The lowest BCUT2D eigenvalue weighted by atomic mass is 9.95. The van der Waals surface area contributed by atoms with E-state index in [1.807, 2.05) is 17.1 Å². The molecule has 2 aliphatic heterocycles. The first-order valence-electron chi connectivity index (χ1n) is 9.77. The lowest BCUT2D eigenvalue weighted by Crippen LogP contribution is -2.33. The van der Waals surface area contributed by atoms with E-state index >= 15 is 0 Å². The van der Waals surface area contributed by atoms with Crippen LogP contribution in [0.15, 0.2) is 76.7 Å². The van der Waals surface area contributed by atoms with Crippen molar-refractivity contribution in [1.29, 1.82) is 0 Å². The Hall–Kier alpha value is -2.99. The number of halogens is 1. The summed E-state index contributed by atoms with van der Waals surface area (Å²) in [4.78, 5) is 1.20. The van der Waals surface area contributed by atoms with E-state index in [1.165, 1.54) is 17.0 Å². The number of methoxy groups -OCH3 is 1. The molecule has 30 heavy (non-hydrogen) atoms. The van der Waals surface area contributed by atoms with Gasteiger partial charge < -0.3 is 9.47 Å². The minimum absolute atomic E-state index is 0.0223. The van der Waals surface area contributed by atoms with E-state index < -0.39 is 0 Å². The Kier molecular flexibility index (Phi) is 4.87. The molecule has 4 nitrogen and oxygen atoms in total. The average Bonchev–Trinajstić information content (AvgIpc) is 3.24. The molecular formula is C24H21FN2O2S. The van der Waals surface area contributed by atoms with E-state index in [0.717, 1.165) is 28.2 Å². The third-order valence-corrected chi connectivity index (χ3v) is 6.32. The highest BCUT2D eigenvalue weighted by molar-refractivity contribution is 7.98. The van der Waals surface area contributed by atoms with Crippen molar-refractivity contribution in [1.82, 2.24) is 5.01 Å². The molecule has 3 aromatic carbocycles. The van der Waals surface area contributed by atoms with Crippen LogP contribution in [-0.2, 0) is 0 Å². The summed E-state index contributed by atoms with van der Waals surface area (Å²) in [5.41, 5.74) is 3.92. The van der Waals surface area contributed by atoms with Gasteiger partial charge in [-0.1, -0.05) is 36.4 Å². The van der Waals surface area contributed by atoms with E-state index in [2.05, 4.69) is 36.6 Å². The molecule has 0 fully saturated rings. The van der Waals surface area contributed by atoms with Gasteiger partial charge in [0.2, 0.25) is 6.23 Å². The Labute approximate surface area is 179 Å². The molecule has 5 rings (SSSR count). The molecular weight excluding hydrogens is 399 g/mol. The van der Waals surface area contributed by atoms with E-state index in [-0.39, 0.29) is 18.1 Å². The molecule has 6 heteroatoms. The smallest absolute Gasteiger partial charge is 0.214 e. The maximum atomic E-state index is 13.4. The van der Waals surface area contributed by atoms with Gasteiger partial charge in [0.15, 0.2) is 11.5 Å². The highest BCUT2D eigenvalue weighted by Gasteiger charge is 2.42. The largest absolute Gasteiger partial charge is 0.493 e. The van der Waals surface area contributed by atoms with Crippen LogP contribution in [0.25, 0.3) is 0 Å². The third kappa shape index (κ3) is 3.21. The van der Waals surface area contributed by atoms with Gasteiger partial charge in [-0.3, -0.25) is 0 Å². The lowest BCUT2D eigenvalue weighted by molar-refractivity contribution is -0.0209. The molecule has 0 N–H and O–H groups in total. The summed E-state index contributed by atoms with van der Waals surface area (Å²) in [5.74, 6) is 1.23. The number of rotatable bonds is 4. The monoisotopic (exact) mass is 420 g/mol. The van der Waals surface area contributed by atoms with Crippen molar-refractivity contribution in [3.8, 4) is 11.5 Å². The molecule has 3 aromatic rings. The molecule has 0 radical (unpaired) electrons. The predicted molar refractivity (Wildman–Crippen MR) is 117 cm³/mol. The van der Waals surface area contributed by atoms with Gasteiger partial charge in [-0.05, 0) is 42.2 Å². The van der Waals surface area contributed by atoms with Crippen molar-refractivity contribution in [2.45, 2.75) is 23.6 Å². The van der Waals surface area contributed by atoms with Crippen molar-refractivity contribution < 1.29 is 13.9 Å². The summed E-state index contributed by atoms with van der Waals surface area (Å²) in [6, 6.07) is 20.8. The molecule has 2 atom stereocenters. The Morgan fingerprint density at radius 3 is 2.53 bits per heavy atom. The molecule has 0 bridgehead atoms. The molecule has 2 aliphatic rings. The number of hydrogen-bond donors (Lipinski definition) is 0. The zero-order chi connectivity index (χ0) is 20.7. The van der Waals surface area contributed by atoms with Crippen LogP contribution in [0.4, 0.5) is 4.39 Å². The molecule has 0 amide bonds. The Morgan fingerprint density at radius 1 is 1.07 bits per heavy atom. The van der Waals surface area contributed by atoms with E-state index in [4.69, 9.17) is 14.6 Å². The number of benzene rings is 3. The number of ether oxygens (including phenoxy) is 2. The number of hydrogen-bond acceptors (Lipinski definition) is 5. The van der Waals surface area contributed by atoms with Gasteiger partial charge in [-0.2, -0.15) is 5.10 Å². The molecule has 0 spiro atoms. The van der Waals surface area contributed by atoms with Gasteiger partial charge in [0.1, 0.15) is 5.82 Å².